The lowest BCUT2D eigenvalue weighted by Gasteiger charge is -2.09. The Morgan fingerprint density at radius 3 is 2.83 bits per heavy atom. The van der Waals surface area contributed by atoms with E-state index in [0.717, 1.165) is 5.56 Å². The van der Waals surface area contributed by atoms with Gasteiger partial charge in [-0.1, -0.05) is 11.6 Å². The van der Waals surface area contributed by atoms with Gasteiger partial charge in [-0.05, 0) is 48.9 Å². The summed E-state index contributed by atoms with van der Waals surface area (Å²) in [5, 5.41) is 0.593. The molecule has 1 aromatic carbocycles. The summed E-state index contributed by atoms with van der Waals surface area (Å²) in [5.74, 6) is 0.109. The first-order chi connectivity index (χ1) is 11.0. The van der Waals surface area contributed by atoms with Crippen LogP contribution in [0.2, 0.25) is 5.02 Å². The lowest BCUT2D eigenvalue weighted by molar-refractivity contribution is -0.128. The zero-order valence-electron chi connectivity index (χ0n) is 12.3. The summed E-state index contributed by atoms with van der Waals surface area (Å²) in [6, 6.07) is 8.48. The van der Waals surface area contributed by atoms with E-state index < -0.39 is 11.8 Å². The first-order valence-electron chi connectivity index (χ1n) is 6.74. The lowest BCUT2D eigenvalue weighted by Crippen LogP contribution is -2.43. The number of rotatable bonds is 5. The maximum atomic E-state index is 11.6. The number of hydrogen-bond acceptors (Lipinski definition) is 4. The molecule has 0 bridgehead atoms. The number of amides is 2. The van der Waals surface area contributed by atoms with Crippen LogP contribution in [0.1, 0.15) is 11.3 Å². The fourth-order valence-electron chi connectivity index (χ4n) is 1.67. The molecular formula is C16H15ClN2O4. The van der Waals surface area contributed by atoms with Crippen LogP contribution in [-0.4, -0.2) is 18.4 Å². The third-order valence-corrected chi connectivity index (χ3v) is 3.00. The minimum absolute atomic E-state index is 0.231. The first-order valence-corrected chi connectivity index (χ1v) is 7.12. The van der Waals surface area contributed by atoms with E-state index in [9.17, 15) is 9.59 Å². The van der Waals surface area contributed by atoms with Gasteiger partial charge in [-0.25, -0.2) is 0 Å². The predicted molar refractivity (Wildman–Crippen MR) is 85.7 cm³/mol. The van der Waals surface area contributed by atoms with Crippen LogP contribution in [-0.2, 0) is 9.59 Å². The average molecular weight is 335 g/mol. The number of ether oxygens (including phenoxy) is 1. The largest absolute Gasteiger partial charge is 0.483 e. The van der Waals surface area contributed by atoms with Crippen molar-refractivity contribution in [3.05, 3.63) is 59.0 Å². The van der Waals surface area contributed by atoms with E-state index in [2.05, 4.69) is 10.9 Å². The van der Waals surface area contributed by atoms with Gasteiger partial charge < -0.3 is 9.15 Å². The van der Waals surface area contributed by atoms with Gasteiger partial charge in [0.05, 0.1) is 6.26 Å². The van der Waals surface area contributed by atoms with E-state index in [1.165, 1.54) is 18.4 Å². The van der Waals surface area contributed by atoms with Crippen molar-refractivity contribution in [1.82, 2.24) is 10.9 Å². The third kappa shape index (κ3) is 5.52. The standard InChI is InChI=1S/C16H15ClN2O4/c1-11-9-12(17)4-6-14(11)23-10-16(21)19-18-15(20)7-5-13-3-2-8-22-13/h2-9H,10H2,1H3,(H,18,20)(H,19,21)/b7-5+. The number of benzene rings is 1. The van der Waals surface area contributed by atoms with Crippen molar-refractivity contribution in [3.8, 4) is 5.75 Å². The highest BCUT2D eigenvalue weighted by atomic mass is 35.5. The Hall–Kier alpha value is -2.73. The van der Waals surface area contributed by atoms with Crippen molar-refractivity contribution >= 4 is 29.5 Å². The number of halogens is 1. The maximum absolute atomic E-state index is 11.6. The fourth-order valence-corrected chi connectivity index (χ4v) is 1.90. The molecule has 0 atom stereocenters. The van der Waals surface area contributed by atoms with E-state index in [1.807, 2.05) is 6.92 Å². The second-order valence-corrected chi connectivity index (χ2v) is 5.02. The van der Waals surface area contributed by atoms with Crippen LogP contribution in [0, 0.1) is 6.92 Å². The van der Waals surface area contributed by atoms with Gasteiger partial charge in [0.2, 0.25) is 0 Å². The van der Waals surface area contributed by atoms with Crippen LogP contribution < -0.4 is 15.6 Å². The quantitative estimate of drug-likeness (QED) is 0.650. The fraction of sp³-hybridized carbons (Fsp3) is 0.125. The molecule has 7 heteroatoms. The molecule has 0 aliphatic carbocycles. The van der Waals surface area contributed by atoms with Gasteiger partial charge in [0.1, 0.15) is 11.5 Å². The van der Waals surface area contributed by atoms with Crippen molar-refractivity contribution in [2.75, 3.05) is 6.61 Å². The second-order valence-electron chi connectivity index (χ2n) is 4.58. The maximum Gasteiger partial charge on any atom is 0.276 e. The number of furan rings is 1. The molecule has 2 amide bonds. The summed E-state index contributed by atoms with van der Waals surface area (Å²) >= 11 is 5.84. The molecule has 2 N–H and O–H groups in total. The summed E-state index contributed by atoms with van der Waals surface area (Å²) < 4.78 is 10.4. The van der Waals surface area contributed by atoms with Gasteiger partial charge in [-0.3, -0.25) is 20.4 Å². The summed E-state index contributed by atoms with van der Waals surface area (Å²) in [4.78, 5) is 23.1. The minimum Gasteiger partial charge on any atom is -0.483 e. The molecule has 2 rings (SSSR count). The molecule has 0 unspecified atom stereocenters. The van der Waals surface area contributed by atoms with E-state index in [0.29, 0.717) is 16.5 Å². The van der Waals surface area contributed by atoms with E-state index in [-0.39, 0.29) is 6.61 Å². The van der Waals surface area contributed by atoms with Crippen LogP contribution in [0.4, 0.5) is 0 Å². The van der Waals surface area contributed by atoms with Gasteiger partial charge in [0, 0.05) is 11.1 Å². The smallest absolute Gasteiger partial charge is 0.276 e. The van der Waals surface area contributed by atoms with Gasteiger partial charge in [0.25, 0.3) is 11.8 Å². The Labute approximate surface area is 138 Å². The number of nitrogens with one attached hydrogen (secondary N) is 2. The molecule has 0 aliphatic heterocycles. The molecular weight excluding hydrogens is 320 g/mol. The van der Waals surface area contributed by atoms with Crippen molar-refractivity contribution in [2.45, 2.75) is 6.92 Å². The molecule has 0 saturated carbocycles. The topological polar surface area (TPSA) is 80.6 Å². The normalized spacial score (nSPS) is 10.5. The number of aryl methyl sites for hydroxylation is 1. The summed E-state index contributed by atoms with van der Waals surface area (Å²) in [6.07, 6.45) is 4.22. The average Bonchev–Trinajstić information content (AvgIpc) is 3.03. The van der Waals surface area contributed by atoms with Gasteiger partial charge in [-0.15, -0.1) is 0 Å². The van der Waals surface area contributed by atoms with Crippen molar-refractivity contribution < 1.29 is 18.7 Å². The highest BCUT2D eigenvalue weighted by molar-refractivity contribution is 6.30. The van der Waals surface area contributed by atoms with E-state index in [4.69, 9.17) is 20.8 Å². The lowest BCUT2D eigenvalue weighted by atomic mass is 10.2. The monoisotopic (exact) mass is 334 g/mol. The molecule has 1 aromatic heterocycles. The van der Waals surface area contributed by atoms with Crippen LogP contribution >= 0.6 is 11.6 Å². The molecule has 0 spiro atoms. The molecule has 0 radical (unpaired) electrons. The molecule has 1 heterocycles. The zero-order valence-corrected chi connectivity index (χ0v) is 13.1. The molecule has 0 aliphatic rings. The number of hydrogen-bond donors (Lipinski definition) is 2. The number of carbonyl (C=O) groups is 2. The first kappa shape index (κ1) is 16.6. The number of carbonyl (C=O) groups excluding carboxylic acids is 2. The van der Waals surface area contributed by atoms with Gasteiger partial charge in [-0.2, -0.15) is 0 Å². The highest BCUT2D eigenvalue weighted by Crippen LogP contribution is 2.21. The minimum atomic E-state index is -0.488. The molecule has 6 nitrogen and oxygen atoms in total. The predicted octanol–water partition coefficient (Wildman–Crippen LogP) is 2.48. The van der Waals surface area contributed by atoms with E-state index >= 15 is 0 Å². The summed E-state index contributed by atoms with van der Waals surface area (Å²) in [5.41, 5.74) is 5.29. The summed E-state index contributed by atoms with van der Waals surface area (Å²) in [6.45, 7) is 1.59. The Morgan fingerprint density at radius 2 is 2.13 bits per heavy atom. The summed E-state index contributed by atoms with van der Waals surface area (Å²) in [7, 11) is 0. The SMILES string of the molecule is Cc1cc(Cl)ccc1OCC(=O)NNC(=O)/C=C/c1ccco1. The zero-order chi connectivity index (χ0) is 16.7. The van der Waals surface area contributed by atoms with Crippen LogP contribution in [0.5, 0.6) is 5.75 Å². The Morgan fingerprint density at radius 1 is 1.30 bits per heavy atom. The molecule has 120 valence electrons. The Kier molecular flexibility index (Phi) is 5.82. The molecule has 2 aromatic rings. The van der Waals surface area contributed by atoms with E-state index in [1.54, 1.807) is 30.3 Å². The number of hydrazine groups is 1. The van der Waals surface area contributed by atoms with Crippen molar-refractivity contribution in [1.29, 1.82) is 0 Å². The Bertz CT molecular complexity index is 711. The van der Waals surface area contributed by atoms with Crippen LogP contribution in [0.15, 0.2) is 47.1 Å². The highest BCUT2D eigenvalue weighted by Gasteiger charge is 2.06. The Balaban J connectivity index is 1.73. The third-order valence-electron chi connectivity index (χ3n) is 2.76. The van der Waals surface area contributed by atoms with Crippen molar-refractivity contribution in [2.24, 2.45) is 0 Å². The van der Waals surface area contributed by atoms with Crippen LogP contribution in [0.25, 0.3) is 6.08 Å². The van der Waals surface area contributed by atoms with Gasteiger partial charge >= 0.3 is 0 Å². The second kappa shape index (κ2) is 8.05. The van der Waals surface area contributed by atoms with Gasteiger partial charge in [0.15, 0.2) is 6.61 Å². The van der Waals surface area contributed by atoms with Crippen LogP contribution in [0.3, 0.4) is 0 Å². The molecule has 0 fully saturated rings. The molecule has 0 saturated heterocycles. The molecule has 23 heavy (non-hydrogen) atoms. The van der Waals surface area contributed by atoms with Crippen molar-refractivity contribution in [3.63, 3.8) is 0 Å².